The van der Waals surface area contributed by atoms with Crippen molar-refractivity contribution in [3.63, 3.8) is 0 Å². The first-order valence-electron chi connectivity index (χ1n) is 15.7. The Labute approximate surface area is 282 Å². The number of aliphatic carboxylic acids is 1. The Morgan fingerprint density at radius 1 is 0.979 bits per heavy atom. The number of hydrogen-bond acceptors (Lipinski definition) is 10. The van der Waals surface area contributed by atoms with Crippen molar-refractivity contribution in [1.29, 1.82) is 0 Å². The van der Waals surface area contributed by atoms with Gasteiger partial charge in [0.05, 0.1) is 25.1 Å². The number of piperazine rings is 1. The number of carboxylic acid groups (broad SMARTS) is 1. The third-order valence-corrected chi connectivity index (χ3v) is 10.9. The third-order valence-electron chi connectivity index (χ3n) is 8.98. The summed E-state index contributed by atoms with van der Waals surface area (Å²) in [5.41, 5.74) is 3.00. The van der Waals surface area contributed by atoms with E-state index in [2.05, 4.69) is 44.7 Å². The topological polar surface area (TPSA) is 124 Å². The number of nitrogens with zero attached hydrogens (tertiary/aromatic N) is 7. The quantitative estimate of drug-likeness (QED) is 0.169. The van der Waals surface area contributed by atoms with E-state index in [1.165, 1.54) is 22.3 Å². The minimum absolute atomic E-state index is 0.207. The van der Waals surface area contributed by atoms with Gasteiger partial charge >= 0.3 is 5.97 Å². The first-order valence-corrected chi connectivity index (χ1v) is 17.0. The van der Waals surface area contributed by atoms with E-state index in [1.54, 1.807) is 4.68 Å². The average Bonchev–Trinajstić information content (AvgIpc) is 3.54. The maximum absolute atomic E-state index is 13.0. The fraction of sp³-hybridized carbons (Fsp3) is 0.364. The van der Waals surface area contributed by atoms with Crippen molar-refractivity contribution in [2.24, 2.45) is 0 Å². The van der Waals surface area contributed by atoms with E-state index in [9.17, 15) is 14.7 Å². The van der Waals surface area contributed by atoms with Crippen LogP contribution in [0.2, 0.25) is 0 Å². The van der Waals surface area contributed by atoms with Gasteiger partial charge in [0.25, 0.3) is 0 Å². The van der Waals surface area contributed by atoms with Crippen molar-refractivity contribution in [2.75, 3.05) is 41.3 Å². The van der Waals surface area contributed by atoms with Gasteiger partial charge in [-0.25, -0.2) is 14.5 Å². The maximum atomic E-state index is 13.0. The normalized spacial score (nSPS) is 21.8. The summed E-state index contributed by atoms with van der Waals surface area (Å²) in [4.78, 5) is 35.8. The number of carbonyl (C=O) groups excluding carboxylic acids is 1. The Balaban J connectivity index is 1.02. The van der Waals surface area contributed by atoms with E-state index in [4.69, 9.17) is 22.3 Å². The minimum Gasteiger partial charge on any atom is -0.480 e. The number of rotatable bonds is 10. The van der Waals surface area contributed by atoms with E-state index in [0.717, 1.165) is 43.4 Å². The molecule has 244 valence electrons. The van der Waals surface area contributed by atoms with Crippen LogP contribution in [0.1, 0.15) is 19.7 Å². The molecule has 3 fully saturated rings. The van der Waals surface area contributed by atoms with Crippen LogP contribution >= 0.6 is 24.0 Å². The predicted octanol–water partition coefficient (Wildman–Crippen LogP) is 3.80. The zero-order chi connectivity index (χ0) is 32.7. The molecule has 3 aliphatic heterocycles. The van der Waals surface area contributed by atoms with E-state index in [1.807, 2.05) is 73.1 Å². The molecule has 0 bridgehead atoms. The molecule has 0 spiro atoms. The van der Waals surface area contributed by atoms with Gasteiger partial charge in [0.1, 0.15) is 23.3 Å². The number of β-lactam (4-membered cyclic amide) rings is 1. The summed E-state index contributed by atoms with van der Waals surface area (Å²) in [6.45, 7) is 8.03. The SMILES string of the molecule is CC1(C)SC2C(NCn3nc(CNc4ccc(N5CCN(c6ccccc6)CC5)nc4)n(-c4ccccc4)c3=S)C(=O)N2C1C(=O)O. The first kappa shape index (κ1) is 31.2. The van der Waals surface area contributed by atoms with Crippen LogP contribution in [0.3, 0.4) is 0 Å². The van der Waals surface area contributed by atoms with Crippen LogP contribution < -0.4 is 20.4 Å². The highest BCUT2D eigenvalue weighted by molar-refractivity contribution is 8.01. The summed E-state index contributed by atoms with van der Waals surface area (Å²) in [5.74, 6) is 0.455. The Morgan fingerprint density at radius 3 is 2.28 bits per heavy atom. The Hall–Kier alpha value is -4.40. The van der Waals surface area contributed by atoms with Crippen molar-refractivity contribution in [3.8, 4) is 5.69 Å². The van der Waals surface area contributed by atoms with Crippen LogP contribution in [0.15, 0.2) is 79.0 Å². The van der Waals surface area contributed by atoms with Crippen LogP contribution in [-0.4, -0.2) is 89.6 Å². The molecule has 47 heavy (non-hydrogen) atoms. The number of aromatic nitrogens is 4. The molecule has 1 amide bonds. The molecule has 2 aromatic carbocycles. The van der Waals surface area contributed by atoms with Gasteiger partial charge in [-0.15, -0.1) is 11.8 Å². The molecule has 5 heterocycles. The third kappa shape index (κ3) is 5.96. The van der Waals surface area contributed by atoms with Gasteiger partial charge in [-0.2, -0.15) is 5.10 Å². The second kappa shape index (κ2) is 12.7. The Bertz CT molecular complexity index is 1810. The minimum atomic E-state index is -0.982. The average molecular weight is 672 g/mol. The number of carbonyl (C=O) groups is 2. The fourth-order valence-corrected chi connectivity index (χ4v) is 8.55. The van der Waals surface area contributed by atoms with Crippen LogP contribution in [0.25, 0.3) is 5.69 Å². The van der Waals surface area contributed by atoms with Crippen LogP contribution in [-0.2, 0) is 22.8 Å². The molecule has 3 unspecified atom stereocenters. The van der Waals surface area contributed by atoms with Crippen LogP contribution in [0, 0.1) is 4.77 Å². The number of para-hydroxylation sites is 2. The molecule has 3 atom stereocenters. The zero-order valence-corrected chi connectivity index (χ0v) is 27.8. The number of fused-ring (bicyclic) bond motifs is 1. The van der Waals surface area contributed by atoms with Gasteiger partial charge in [0.2, 0.25) is 10.7 Å². The molecule has 2 aromatic heterocycles. The number of pyridine rings is 1. The molecule has 0 saturated carbocycles. The summed E-state index contributed by atoms with van der Waals surface area (Å²) >= 11 is 7.37. The molecule has 4 aromatic rings. The Kier molecular flexibility index (Phi) is 8.41. The lowest BCUT2D eigenvalue weighted by Gasteiger charge is -2.43. The number of anilines is 3. The summed E-state index contributed by atoms with van der Waals surface area (Å²) in [5, 5.41) is 21.0. The maximum Gasteiger partial charge on any atom is 0.327 e. The van der Waals surface area contributed by atoms with Gasteiger partial charge in [-0.1, -0.05) is 36.4 Å². The van der Waals surface area contributed by atoms with E-state index < -0.39 is 22.8 Å². The lowest BCUT2D eigenvalue weighted by Crippen LogP contribution is -2.70. The van der Waals surface area contributed by atoms with Gasteiger partial charge in [-0.3, -0.25) is 14.7 Å². The van der Waals surface area contributed by atoms with Crippen molar-refractivity contribution >= 4 is 53.0 Å². The zero-order valence-electron chi connectivity index (χ0n) is 26.2. The van der Waals surface area contributed by atoms with Gasteiger partial charge in [0.15, 0.2) is 5.82 Å². The molecule has 3 saturated heterocycles. The lowest BCUT2D eigenvalue weighted by atomic mass is 9.96. The largest absolute Gasteiger partial charge is 0.480 e. The second-order valence-electron chi connectivity index (χ2n) is 12.4. The fourth-order valence-electron chi connectivity index (χ4n) is 6.58. The molecular formula is C33H37N9O3S2. The summed E-state index contributed by atoms with van der Waals surface area (Å²) in [6, 6.07) is 23.0. The summed E-state index contributed by atoms with van der Waals surface area (Å²) in [6.07, 6.45) is 1.85. The number of hydrogen-bond donors (Lipinski definition) is 3. The molecule has 7 rings (SSSR count). The molecule has 3 N–H and O–H groups in total. The standard InChI is InChI=1S/C33H37N9O3S2/c1-33(2)28(31(44)45)42-29(43)27(30(42)47-33)36-21-40-32(46)41(24-11-7-4-8-12-24)26(37-40)20-34-22-13-14-25(35-19-22)39-17-15-38(16-18-39)23-9-5-3-6-10-23/h3-14,19,27-28,30,34,36H,15-18,20-21H2,1-2H3,(H,44,45). The number of amides is 1. The van der Waals surface area contributed by atoms with Crippen LogP contribution in [0.5, 0.6) is 0 Å². The van der Waals surface area contributed by atoms with Crippen LogP contribution in [0.4, 0.5) is 17.2 Å². The van der Waals surface area contributed by atoms with Crippen molar-refractivity contribution in [1.82, 2.24) is 29.5 Å². The first-order chi connectivity index (χ1) is 22.7. The summed E-state index contributed by atoms with van der Waals surface area (Å²) < 4.78 is 3.48. The second-order valence-corrected chi connectivity index (χ2v) is 14.5. The monoisotopic (exact) mass is 671 g/mol. The molecule has 12 nitrogen and oxygen atoms in total. The number of benzene rings is 2. The lowest BCUT2D eigenvalue weighted by molar-refractivity contribution is -0.160. The number of carboxylic acids is 1. The van der Waals surface area contributed by atoms with Gasteiger partial charge < -0.3 is 25.1 Å². The molecule has 0 aliphatic carbocycles. The highest BCUT2D eigenvalue weighted by atomic mass is 32.2. The van der Waals surface area contributed by atoms with E-state index in [0.29, 0.717) is 17.1 Å². The smallest absolute Gasteiger partial charge is 0.327 e. The van der Waals surface area contributed by atoms with Crippen molar-refractivity contribution in [3.05, 3.63) is 89.6 Å². The molecule has 0 radical (unpaired) electrons. The molecular weight excluding hydrogens is 635 g/mol. The Morgan fingerprint density at radius 2 is 1.64 bits per heavy atom. The van der Waals surface area contributed by atoms with Gasteiger partial charge in [0, 0.05) is 42.3 Å². The van der Waals surface area contributed by atoms with Crippen molar-refractivity contribution in [2.45, 2.75) is 49.3 Å². The highest BCUT2D eigenvalue weighted by Crippen LogP contribution is 2.50. The van der Waals surface area contributed by atoms with Gasteiger partial charge in [-0.05, 0) is 62.5 Å². The van der Waals surface area contributed by atoms with E-state index in [-0.39, 0.29) is 17.9 Å². The highest BCUT2D eigenvalue weighted by Gasteiger charge is 2.63. The number of nitrogens with one attached hydrogen (secondary N) is 2. The number of thioether (sulfide) groups is 1. The van der Waals surface area contributed by atoms with E-state index >= 15 is 0 Å². The summed E-state index contributed by atoms with van der Waals surface area (Å²) in [7, 11) is 0. The van der Waals surface area contributed by atoms with Crippen molar-refractivity contribution < 1.29 is 14.7 Å². The predicted molar refractivity (Wildman–Crippen MR) is 185 cm³/mol. The molecule has 14 heteroatoms. The molecule has 3 aliphatic rings.